The van der Waals surface area contributed by atoms with Crippen molar-refractivity contribution in [3.05, 3.63) is 48.6 Å². The number of unbranched alkanes of at least 4 members (excludes halogenated alkanes) is 48. The van der Waals surface area contributed by atoms with E-state index in [9.17, 15) is 14.4 Å². The second-order valence-electron chi connectivity index (χ2n) is 24.5. The molecule has 0 aromatic rings. The van der Waals surface area contributed by atoms with Gasteiger partial charge in [0.25, 0.3) is 0 Å². The van der Waals surface area contributed by atoms with Gasteiger partial charge in [-0.05, 0) is 57.8 Å². The van der Waals surface area contributed by atoms with Gasteiger partial charge in [-0.1, -0.05) is 365 Å². The van der Waals surface area contributed by atoms with E-state index in [4.69, 9.17) is 14.2 Å². The summed E-state index contributed by atoms with van der Waals surface area (Å²) in [5.41, 5.74) is 0. The van der Waals surface area contributed by atoms with Crippen LogP contribution in [0.4, 0.5) is 0 Å². The summed E-state index contributed by atoms with van der Waals surface area (Å²) < 4.78 is 17.0. The van der Waals surface area contributed by atoms with Crippen LogP contribution in [0.3, 0.4) is 0 Å². The van der Waals surface area contributed by atoms with E-state index in [1.807, 2.05) is 0 Å². The number of carbonyl (C=O) groups is 3. The lowest BCUT2D eigenvalue weighted by Gasteiger charge is -2.18. The van der Waals surface area contributed by atoms with Crippen LogP contribution in [0.15, 0.2) is 48.6 Å². The van der Waals surface area contributed by atoms with Crippen LogP contribution < -0.4 is 0 Å². The first-order valence-electron chi connectivity index (χ1n) is 36.1. The van der Waals surface area contributed by atoms with Gasteiger partial charge in [-0.15, -0.1) is 0 Å². The number of esters is 3. The van der Waals surface area contributed by atoms with Gasteiger partial charge < -0.3 is 14.2 Å². The van der Waals surface area contributed by atoms with Crippen LogP contribution in [-0.2, 0) is 28.6 Å². The number of carbonyl (C=O) groups excluding carboxylic acids is 3. The molecule has 474 valence electrons. The van der Waals surface area contributed by atoms with Gasteiger partial charge >= 0.3 is 17.9 Å². The predicted octanol–water partition coefficient (Wildman–Crippen LogP) is 24.9. The van der Waals surface area contributed by atoms with Gasteiger partial charge in [0, 0.05) is 19.3 Å². The average Bonchev–Trinajstić information content (AvgIpc) is 3.47. The molecule has 81 heavy (non-hydrogen) atoms. The third-order valence-electron chi connectivity index (χ3n) is 16.3. The highest BCUT2D eigenvalue weighted by molar-refractivity contribution is 5.71. The lowest BCUT2D eigenvalue weighted by atomic mass is 10.0. The van der Waals surface area contributed by atoms with Crippen molar-refractivity contribution in [3.8, 4) is 0 Å². The molecule has 1 atom stereocenters. The zero-order valence-electron chi connectivity index (χ0n) is 54.6. The minimum absolute atomic E-state index is 0.0641. The maximum Gasteiger partial charge on any atom is 0.306 e. The molecule has 0 amide bonds. The Hall–Kier alpha value is -2.63. The normalized spacial score (nSPS) is 12.3. The molecule has 0 saturated heterocycles. The Morgan fingerprint density at radius 1 is 0.259 bits per heavy atom. The molecule has 0 aliphatic rings. The Kier molecular flexibility index (Phi) is 67.6. The molecule has 0 aliphatic heterocycles. The molecule has 0 aliphatic carbocycles. The molecule has 0 heterocycles. The lowest BCUT2D eigenvalue weighted by Crippen LogP contribution is -2.30. The molecule has 6 heteroatoms. The molecule has 0 aromatic heterocycles. The van der Waals surface area contributed by atoms with Gasteiger partial charge in [-0.25, -0.2) is 0 Å². The highest BCUT2D eigenvalue weighted by Crippen LogP contribution is 2.19. The number of ether oxygens (including phenoxy) is 3. The Morgan fingerprint density at radius 2 is 0.481 bits per heavy atom. The summed E-state index contributed by atoms with van der Waals surface area (Å²) >= 11 is 0. The fourth-order valence-electron chi connectivity index (χ4n) is 11.0. The van der Waals surface area contributed by atoms with Gasteiger partial charge in [-0.2, -0.15) is 0 Å². The van der Waals surface area contributed by atoms with Crippen molar-refractivity contribution in [2.45, 2.75) is 399 Å². The number of allylic oxidation sites excluding steroid dienone is 8. The van der Waals surface area contributed by atoms with Crippen molar-refractivity contribution in [2.75, 3.05) is 13.2 Å². The largest absolute Gasteiger partial charge is 0.462 e. The third kappa shape index (κ3) is 68.0. The van der Waals surface area contributed by atoms with Crippen LogP contribution >= 0.6 is 0 Å². The fourth-order valence-corrected chi connectivity index (χ4v) is 11.0. The number of hydrogen-bond acceptors (Lipinski definition) is 6. The zero-order valence-corrected chi connectivity index (χ0v) is 54.6. The van der Waals surface area contributed by atoms with E-state index in [0.29, 0.717) is 19.3 Å². The first-order chi connectivity index (χ1) is 40.0. The summed E-state index contributed by atoms with van der Waals surface area (Å²) in [7, 11) is 0. The van der Waals surface area contributed by atoms with Crippen molar-refractivity contribution in [2.24, 2.45) is 0 Å². The summed E-state index contributed by atoms with van der Waals surface area (Å²) in [4.78, 5) is 38.3. The molecule has 0 spiro atoms. The third-order valence-corrected chi connectivity index (χ3v) is 16.3. The van der Waals surface area contributed by atoms with E-state index in [-0.39, 0.29) is 31.1 Å². The standard InChI is InChI=1S/C75H138O6/c1-4-7-10-13-16-19-22-25-27-29-30-31-32-33-34-35-36-37-38-39-40-41-42-43-44-45-46-47-49-50-53-56-59-62-65-68-74(77)80-71-72(70-79-73(76)67-64-61-58-55-52-24-21-18-15-12-9-6-3)81-75(78)69-66-63-60-57-54-51-48-28-26-23-20-17-14-11-8-5-2/h7,10,16,19,25,27,30-31,72H,4-6,8-9,11-15,17-18,20-24,26,28-29,32-71H2,1-3H3/b10-7-,19-16-,27-25-,31-30-. The van der Waals surface area contributed by atoms with Gasteiger partial charge in [0.2, 0.25) is 0 Å². The maximum atomic E-state index is 12.9. The summed E-state index contributed by atoms with van der Waals surface area (Å²) in [5, 5.41) is 0. The van der Waals surface area contributed by atoms with Crippen molar-refractivity contribution >= 4 is 17.9 Å². The molecule has 0 fully saturated rings. The minimum Gasteiger partial charge on any atom is -0.462 e. The van der Waals surface area contributed by atoms with Crippen molar-refractivity contribution in [1.82, 2.24) is 0 Å². The van der Waals surface area contributed by atoms with E-state index in [0.717, 1.165) is 83.5 Å². The SMILES string of the molecule is CC/C=C\C/C=C\C/C=C\C/C=C\CCCCCCCCCCCCCCCCCCCCCCCCC(=O)OCC(COC(=O)CCCCCCCCCCCCCC)OC(=O)CCCCCCCCCCCCCCCCCC. The molecule has 0 bridgehead atoms. The van der Waals surface area contributed by atoms with E-state index >= 15 is 0 Å². The first-order valence-corrected chi connectivity index (χ1v) is 36.1. The molecule has 0 radical (unpaired) electrons. The molecular weight excluding hydrogens is 997 g/mol. The number of rotatable bonds is 67. The Bertz CT molecular complexity index is 1400. The van der Waals surface area contributed by atoms with E-state index in [1.54, 1.807) is 0 Å². The first kappa shape index (κ1) is 78.4. The van der Waals surface area contributed by atoms with E-state index in [1.165, 1.54) is 270 Å². The fraction of sp³-hybridized carbons (Fsp3) is 0.853. The molecule has 1 unspecified atom stereocenters. The van der Waals surface area contributed by atoms with Crippen molar-refractivity contribution < 1.29 is 28.6 Å². The summed E-state index contributed by atoms with van der Waals surface area (Å²) in [6.07, 6.45) is 88.8. The highest BCUT2D eigenvalue weighted by Gasteiger charge is 2.19. The zero-order chi connectivity index (χ0) is 58.5. The molecular formula is C75H138O6. The van der Waals surface area contributed by atoms with E-state index < -0.39 is 6.10 Å². The Labute approximate surface area is 505 Å². The van der Waals surface area contributed by atoms with Crippen LogP contribution in [0, 0.1) is 0 Å². The Balaban J connectivity index is 4.04. The molecule has 0 N–H and O–H groups in total. The summed E-state index contributed by atoms with van der Waals surface area (Å²) in [6, 6.07) is 0. The second-order valence-corrected chi connectivity index (χ2v) is 24.5. The highest BCUT2D eigenvalue weighted by atomic mass is 16.6. The van der Waals surface area contributed by atoms with Gasteiger partial charge in [-0.3, -0.25) is 14.4 Å². The summed E-state index contributed by atoms with van der Waals surface area (Å²) in [6.45, 7) is 6.60. The van der Waals surface area contributed by atoms with Crippen molar-refractivity contribution in [1.29, 1.82) is 0 Å². The van der Waals surface area contributed by atoms with Crippen LogP contribution in [0.1, 0.15) is 393 Å². The van der Waals surface area contributed by atoms with Crippen LogP contribution in [0.5, 0.6) is 0 Å². The molecule has 6 nitrogen and oxygen atoms in total. The molecule has 0 rings (SSSR count). The monoisotopic (exact) mass is 1140 g/mol. The quantitative estimate of drug-likeness (QED) is 0.0261. The average molecular weight is 1140 g/mol. The van der Waals surface area contributed by atoms with Gasteiger partial charge in [0.1, 0.15) is 13.2 Å². The predicted molar refractivity (Wildman–Crippen MR) is 353 cm³/mol. The smallest absolute Gasteiger partial charge is 0.306 e. The Morgan fingerprint density at radius 3 is 0.753 bits per heavy atom. The van der Waals surface area contributed by atoms with Crippen LogP contribution in [0.25, 0.3) is 0 Å². The van der Waals surface area contributed by atoms with Crippen LogP contribution in [0.2, 0.25) is 0 Å². The molecule has 0 aromatic carbocycles. The van der Waals surface area contributed by atoms with E-state index in [2.05, 4.69) is 69.4 Å². The number of hydrogen-bond donors (Lipinski definition) is 0. The maximum absolute atomic E-state index is 12.9. The molecule has 0 saturated carbocycles. The van der Waals surface area contributed by atoms with Crippen molar-refractivity contribution in [3.63, 3.8) is 0 Å². The lowest BCUT2D eigenvalue weighted by molar-refractivity contribution is -0.167. The van der Waals surface area contributed by atoms with Gasteiger partial charge in [0.15, 0.2) is 6.10 Å². The minimum atomic E-state index is -0.766. The van der Waals surface area contributed by atoms with Crippen LogP contribution in [-0.4, -0.2) is 37.2 Å². The topological polar surface area (TPSA) is 78.9 Å². The summed E-state index contributed by atoms with van der Waals surface area (Å²) in [5.74, 6) is -0.833. The van der Waals surface area contributed by atoms with Gasteiger partial charge in [0.05, 0.1) is 0 Å². The second kappa shape index (κ2) is 69.9.